The van der Waals surface area contributed by atoms with Crippen LogP contribution in [0.5, 0.6) is 0 Å². The van der Waals surface area contributed by atoms with Gasteiger partial charge in [-0.25, -0.2) is 14.8 Å². The van der Waals surface area contributed by atoms with Crippen LogP contribution in [0, 0.1) is 0 Å². The molecule has 4 rings (SSSR count). The van der Waals surface area contributed by atoms with Gasteiger partial charge in [-0.1, -0.05) is 44.2 Å². The maximum Gasteiger partial charge on any atom is 0.407 e. The second-order valence-electron chi connectivity index (χ2n) is 11.6. The van der Waals surface area contributed by atoms with Crippen LogP contribution in [0.25, 0.3) is 22.4 Å². The average molecular weight is 601 g/mol. The molecule has 4 aromatic rings. The van der Waals surface area contributed by atoms with E-state index >= 15 is 0 Å². The van der Waals surface area contributed by atoms with E-state index in [9.17, 15) is 14.4 Å². The number of rotatable bonds is 9. The van der Waals surface area contributed by atoms with Crippen molar-refractivity contribution < 1.29 is 19.1 Å². The molecule has 43 heavy (non-hydrogen) atoms. The Bertz CT molecular complexity index is 1630. The summed E-state index contributed by atoms with van der Waals surface area (Å²) in [6.07, 6.45) is 1.16. The lowest BCUT2D eigenvalue weighted by molar-refractivity contribution is -0.115. The van der Waals surface area contributed by atoms with Gasteiger partial charge < -0.3 is 26.4 Å². The SMILES string of the molecule is CC(C)(C)OC(=O)NCC(C)(C)c1cccc(C(=O)NCC(=O)Nc2nc(-c3cccc(-c4ccnc(N)c4)c3)cs2)c1. The van der Waals surface area contributed by atoms with E-state index in [1.807, 2.05) is 55.6 Å². The quantitative estimate of drug-likeness (QED) is 0.195. The van der Waals surface area contributed by atoms with Gasteiger partial charge in [-0.05, 0) is 67.8 Å². The Morgan fingerprint density at radius 2 is 1.63 bits per heavy atom. The average Bonchev–Trinajstić information content (AvgIpc) is 3.42. The van der Waals surface area contributed by atoms with E-state index in [2.05, 4.69) is 25.9 Å². The minimum absolute atomic E-state index is 0.222. The number of nitrogens with one attached hydrogen (secondary N) is 3. The smallest absolute Gasteiger partial charge is 0.407 e. The lowest BCUT2D eigenvalue weighted by atomic mass is 9.84. The molecule has 5 N–H and O–H groups in total. The van der Waals surface area contributed by atoms with Gasteiger partial charge in [0, 0.05) is 34.7 Å². The van der Waals surface area contributed by atoms with Crippen molar-refractivity contribution in [2.24, 2.45) is 0 Å². The molecule has 0 atom stereocenters. The number of nitrogen functional groups attached to an aromatic ring is 1. The fourth-order valence-corrected chi connectivity index (χ4v) is 4.90. The maximum atomic E-state index is 12.9. The number of nitrogens with zero attached hydrogens (tertiary/aromatic N) is 2. The van der Waals surface area contributed by atoms with Gasteiger partial charge >= 0.3 is 6.09 Å². The van der Waals surface area contributed by atoms with Crippen molar-refractivity contribution in [2.45, 2.75) is 45.6 Å². The highest BCUT2D eigenvalue weighted by Crippen LogP contribution is 2.29. The van der Waals surface area contributed by atoms with E-state index in [1.54, 1.807) is 51.2 Å². The third kappa shape index (κ3) is 8.86. The first-order valence-corrected chi connectivity index (χ1v) is 14.6. The number of pyridine rings is 1. The number of benzene rings is 2. The topological polar surface area (TPSA) is 148 Å². The second-order valence-corrected chi connectivity index (χ2v) is 12.5. The third-order valence-electron chi connectivity index (χ3n) is 6.41. The fraction of sp³-hybridized carbons (Fsp3) is 0.281. The first kappa shape index (κ1) is 31.2. The first-order chi connectivity index (χ1) is 20.3. The number of hydrogen-bond donors (Lipinski definition) is 4. The van der Waals surface area contributed by atoms with Gasteiger partial charge in [-0.15, -0.1) is 11.3 Å². The molecular weight excluding hydrogens is 564 g/mol. The van der Waals surface area contributed by atoms with Crippen LogP contribution in [-0.4, -0.2) is 46.6 Å². The number of amides is 3. The first-order valence-electron chi connectivity index (χ1n) is 13.7. The summed E-state index contributed by atoms with van der Waals surface area (Å²) in [6, 6.07) is 18.6. The molecule has 2 heterocycles. The summed E-state index contributed by atoms with van der Waals surface area (Å²) in [4.78, 5) is 46.1. The van der Waals surface area contributed by atoms with Gasteiger partial charge in [0.15, 0.2) is 5.13 Å². The molecular formula is C32H36N6O4S. The molecule has 0 spiro atoms. The summed E-state index contributed by atoms with van der Waals surface area (Å²) in [5.74, 6) is -0.340. The van der Waals surface area contributed by atoms with Crippen LogP contribution >= 0.6 is 11.3 Å². The number of alkyl carbamates (subject to hydrolysis) is 1. The Morgan fingerprint density at radius 3 is 2.37 bits per heavy atom. The number of thiazole rings is 1. The lowest BCUT2D eigenvalue weighted by Crippen LogP contribution is -2.40. The van der Waals surface area contributed by atoms with Crippen LogP contribution in [0.3, 0.4) is 0 Å². The molecule has 224 valence electrons. The molecule has 0 aliphatic carbocycles. The van der Waals surface area contributed by atoms with Crippen LogP contribution < -0.4 is 21.7 Å². The number of carbonyl (C=O) groups is 3. The van der Waals surface area contributed by atoms with Crippen molar-refractivity contribution in [3.05, 3.63) is 83.4 Å². The second kappa shape index (κ2) is 13.0. The highest BCUT2D eigenvalue weighted by molar-refractivity contribution is 7.14. The Morgan fingerprint density at radius 1 is 0.907 bits per heavy atom. The predicted molar refractivity (Wildman–Crippen MR) is 170 cm³/mol. The summed E-state index contributed by atoms with van der Waals surface area (Å²) in [5.41, 5.74) is 9.54. The molecule has 11 heteroatoms. The van der Waals surface area contributed by atoms with Crippen molar-refractivity contribution in [3.63, 3.8) is 0 Å². The standard InChI is InChI=1S/C32H36N6O4S/c1-31(2,3)42-30(41)36-19-32(4,5)24-11-7-10-23(15-24)28(40)35-17-27(39)38-29-37-25(18-43-29)22-9-6-8-20(14-22)21-12-13-34-26(33)16-21/h6-16,18H,17,19H2,1-5H3,(H2,33,34)(H,35,40)(H,36,41)(H,37,38,39). The van der Waals surface area contributed by atoms with Crippen LogP contribution in [0.1, 0.15) is 50.5 Å². The highest BCUT2D eigenvalue weighted by atomic mass is 32.1. The Hall–Kier alpha value is -4.77. The van der Waals surface area contributed by atoms with E-state index in [-0.39, 0.29) is 12.5 Å². The van der Waals surface area contributed by atoms with Crippen LogP contribution in [0.2, 0.25) is 0 Å². The number of carbonyl (C=O) groups excluding carboxylic acids is 3. The summed E-state index contributed by atoms with van der Waals surface area (Å²) in [5, 5.41) is 10.5. The van der Waals surface area contributed by atoms with Gasteiger partial charge in [0.1, 0.15) is 11.4 Å². The summed E-state index contributed by atoms with van der Waals surface area (Å²) in [7, 11) is 0. The largest absolute Gasteiger partial charge is 0.444 e. The number of hydrogen-bond acceptors (Lipinski definition) is 8. The van der Waals surface area contributed by atoms with Crippen molar-refractivity contribution in [2.75, 3.05) is 24.1 Å². The zero-order valence-corrected chi connectivity index (χ0v) is 25.7. The number of ether oxygens (including phenoxy) is 1. The zero-order valence-electron chi connectivity index (χ0n) is 24.9. The van der Waals surface area contributed by atoms with Crippen molar-refractivity contribution >= 4 is 40.2 Å². The normalized spacial score (nSPS) is 11.5. The van der Waals surface area contributed by atoms with Crippen molar-refractivity contribution in [1.82, 2.24) is 20.6 Å². The number of aromatic nitrogens is 2. The molecule has 2 aromatic carbocycles. The molecule has 0 radical (unpaired) electrons. The molecule has 0 aliphatic rings. The van der Waals surface area contributed by atoms with Gasteiger partial charge in [0.25, 0.3) is 5.91 Å². The molecule has 0 saturated heterocycles. The van der Waals surface area contributed by atoms with Gasteiger partial charge in [0.05, 0.1) is 12.2 Å². The lowest BCUT2D eigenvalue weighted by Gasteiger charge is -2.27. The van der Waals surface area contributed by atoms with Gasteiger partial charge in [-0.3, -0.25) is 9.59 Å². The predicted octanol–water partition coefficient (Wildman–Crippen LogP) is 5.63. The minimum Gasteiger partial charge on any atom is -0.444 e. The Balaban J connectivity index is 1.32. The molecule has 3 amide bonds. The van der Waals surface area contributed by atoms with E-state index < -0.39 is 23.0 Å². The highest BCUT2D eigenvalue weighted by Gasteiger charge is 2.24. The molecule has 0 fully saturated rings. The molecule has 0 saturated carbocycles. The minimum atomic E-state index is -0.594. The monoisotopic (exact) mass is 600 g/mol. The number of nitrogens with two attached hydrogens (primary N) is 1. The molecule has 10 nitrogen and oxygen atoms in total. The van der Waals surface area contributed by atoms with Crippen LogP contribution in [-0.2, 0) is 14.9 Å². The molecule has 2 aromatic heterocycles. The zero-order chi connectivity index (χ0) is 31.2. The fourth-order valence-electron chi connectivity index (χ4n) is 4.17. The van der Waals surface area contributed by atoms with E-state index in [4.69, 9.17) is 10.5 Å². The van der Waals surface area contributed by atoms with Crippen molar-refractivity contribution in [3.8, 4) is 22.4 Å². The number of anilines is 2. The maximum absolute atomic E-state index is 12.9. The van der Waals surface area contributed by atoms with Crippen LogP contribution in [0.15, 0.2) is 72.2 Å². The Kier molecular flexibility index (Phi) is 9.45. The Labute approximate surface area is 255 Å². The molecule has 0 aliphatic heterocycles. The van der Waals surface area contributed by atoms with Gasteiger partial charge in [0.2, 0.25) is 5.91 Å². The van der Waals surface area contributed by atoms with E-state index in [0.717, 1.165) is 22.3 Å². The van der Waals surface area contributed by atoms with Gasteiger partial charge in [-0.2, -0.15) is 0 Å². The van der Waals surface area contributed by atoms with E-state index in [0.29, 0.717) is 28.8 Å². The molecule has 0 unspecified atom stereocenters. The van der Waals surface area contributed by atoms with E-state index in [1.165, 1.54) is 11.3 Å². The van der Waals surface area contributed by atoms with Crippen LogP contribution in [0.4, 0.5) is 15.7 Å². The summed E-state index contributed by atoms with van der Waals surface area (Å²) >= 11 is 1.30. The van der Waals surface area contributed by atoms with Crippen molar-refractivity contribution in [1.29, 1.82) is 0 Å². The summed E-state index contributed by atoms with van der Waals surface area (Å²) < 4.78 is 5.32. The summed E-state index contributed by atoms with van der Waals surface area (Å²) in [6.45, 7) is 9.42. The third-order valence-corrected chi connectivity index (χ3v) is 7.17. The molecule has 0 bridgehead atoms.